The van der Waals surface area contributed by atoms with Crippen LogP contribution in [0.4, 0.5) is 0 Å². The molecule has 3 nitrogen and oxygen atoms in total. The van der Waals surface area contributed by atoms with E-state index in [2.05, 4.69) is 37.2 Å². The van der Waals surface area contributed by atoms with Crippen molar-refractivity contribution in [1.82, 2.24) is 5.32 Å². The normalized spacial score (nSPS) is 12.5. The lowest BCUT2D eigenvalue weighted by molar-refractivity contribution is 0.190. The van der Waals surface area contributed by atoms with Gasteiger partial charge in [-0.2, -0.15) is 0 Å². The van der Waals surface area contributed by atoms with Crippen LogP contribution in [0, 0.1) is 5.92 Å². The van der Waals surface area contributed by atoms with Crippen molar-refractivity contribution in [3.8, 4) is 0 Å². The summed E-state index contributed by atoms with van der Waals surface area (Å²) in [4.78, 5) is 4.09. The van der Waals surface area contributed by atoms with Crippen LogP contribution in [0.5, 0.6) is 0 Å². The fourth-order valence-corrected chi connectivity index (χ4v) is 0.952. The van der Waals surface area contributed by atoms with Crippen molar-refractivity contribution in [1.29, 1.82) is 0 Å². The number of rotatable bonds is 8. The van der Waals surface area contributed by atoms with E-state index < -0.39 is 0 Å². The first-order valence-corrected chi connectivity index (χ1v) is 5.72. The second-order valence-electron chi connectivity index (χ2n) is 3.82. The van der Waals surface area contributed by atoms with Gasteiger partial charge >= 0.3 is 0 Å². The van der Waals surface area contributed by atoms with Crippen molar-refractivity contribution >= 4 is 6.21 Å². The monoisotopic (exact) mass is 212 g/mol. The second kappa shape index (κ2) is 9.56. The summed E-state index contributed by atoms with van der Waals surface area (Å²) >= 11 is 0. The summed E-state index contributed by atoms with van der Waals surface area (Å²) in [5.41, 5.74) is 0. The van der Waals surface area contributed by atoms with Crippen molar-refractivity contribution in [3.05, 3.63) is 12.0 Å². The van der Waals surface area contributed by atoms with E-state index in [4.69, 9.17) is 4.74 Å². The van der Waals surface area contributed by atoms with Crippen LogP contribution >= 0.6 is 0 Å². The minimum Gasteiger partial charge on any atom is -0.479 e. The highest BCUT2D eigenvalue weighted by atomic mass is 16.5. The van der Waals surface area contributed by atoms with Crippen molar-refractivity contribution < 1.29 is 4.74 Å². The highest BCUT2D eigenvalue weighted by molar-refractivity contribution is 5.53. The SMILES string of the molecule is C/C=N/CN/C(=C/CC(C)C)OCCC. The highest BCUT2D eigenvalue weighted by Crippen LogP contribution is 2.04. The fourth-order valence-electron chi connectivity index (χ4n) is 0.952. The minimum absolute atomic E-state index is 0.587. The van der Waals surface area contributed by atoms with E-state index in [1.807, 2.05) is 6.92 Å². The molecule has 0 fully saturated rings. The Bertz CT molecular complexity index is 198. The van der Waals surface area contributed by atoms with Gasteiger partial charge in [-0.25, -0.2) is 0 Å². The van der Waals surface area contributed by atoms with Gasteiger partial charge in [0.25, 0.3) is 0 Å². The zero-order valence-electron chi connectivity index (χ0n) is 10.4. The molecule has 0 aromatic carbocycles. The lowest BCUT2D eigenvalue weighted by Gasteiger charge is -2.11. The number of allylic oxidation sites excluding steroid dienone is 1. The quantitative estimate of drug-likeness (QED) is 0.496. The van der Waals surface area contributed by atoms with Crippen LogP contribution < -0.4 is 5.32 Å². The molecule has 0 aliphatic carbocycles. The largest absolute Gasteiger partial charge is 0.479 e. The average Bonchev–Trinajstić information content (AvgIpc) is 2.21. The zero-order chi connectivity index (χ0) is 11.5. The van der Waals surface area contributed by atoms with E-state index in [1.165, 1.54) is 0 Å². The molecule has 3 heteroatoms. The van der Waals surface area contributed by atoms with E-state index in [1.54, 1.807) is 6.21 Å². The van der Waals surface area contributed by atoms with Gasteiger partial charge in [0.15, 0.2) is 5.88 Å². The molecule has 0 aliphatic rings. The number of ether oxygens (including phenoxy) is 1. The van der Waals surface area contributed by atoms with E-state index in [0.717, 1.165) is 25.3 Å². The van der Waals surface area contributed by atoms with Crippen LogP contribution in [0.1, 0.15) is 40.5 Å². The van der Waals surface area contributed by atoms with E-state index >= 15 is 0 Å². The Labute approximate surface area is 93.6 Å². The molecule has 0 radical (unpaired) electrons. The average molecular weight is 212 g/mol. The second-order valence-corrected chi connectivity index (χ2v) is 3.82. The Morgan fingerprint density at radius 3 is 2.73 bits per heavy atom. The van der Waals surface area contributed by atoms with E-state index in [9.17, 15) is 0 Å². The predicted molar refractivity (Wildman–Crippen MR) is 65.9 cm³/mol. The summed E-state index contributed by atoms with van der Waals surface area (Å²) in [5.74, 6) is 1.51. The molecule has 0 heterocycles. The fraction of sp³-hybridized carbons (Fsp3) is 0.750. The molecule has 0 rings (SSSR count). The van der Waals surface area contributed by atoms with Crippen molar-refractivity contribution in [2.24, 2.45) is 10.9 Å². The summed E-state index contributed by atoms with van der Waals surface area (Å²) < 4.78 is 5.56. The molecule has 15 heavy (non-hydrogen) atoms. The smallest absolute Gasteiger partial charge is 0.183 e. The highest BCUT2D eigenvalue weighted by Gasteiger charge is 1.97. The third-order valence-corrected chi connectivity index (χ3v) is 1.76. The number of nitrogens with one attached hydrogen (secondary N) is 1. The van der Waals surface area contributed by atoms with Crippen LogP contribution in [0.15, 0.2) is 17.0 Å². The molecule has 0 aliphatic heterocycles. The van der Waals surface area contributed by atoms with Crippen LogP contribution in [-0.4, -0.2) is 19.5 Å². The van der Waals surface area contributed by atoms with Gasteiger partial charge < -0.3 is 10.1 Å². The third-order valence-electron chi connectivity index (χ3n) is 1.76. The van der Waals surface area contributed by atoms with Crippen LogP contribution in [0.2, 0.25) is 0 Å². The van der Waals surface area contributed by atoms with Crippen LogP contribution in [0.25, 0.3) is 0 Å². The predicted octanol–water partition coefficient (Wildman–Crippen LogP) is 2.94. The van der Waals surface area contributed by atoms with Crippen LogP contribution in [-0.2, 0) is 4.74 Å². The molecule has 88 valence electrons. The first kappa shape index (κ1) is 14.0. The van der Waals surface area contributed by atoms with E-state index in [-0.39, 0.29) is 0 Å². The molecule has 0 saturated carbocycles. The molecule has 0 amide bonds. The molecule has 0 atom stereocenters. The van der Waals surface area contributed by atoms with Gasteiger partial charge in [-0.05, 0) is 38.0 Å². The Hall–Kier alpha value is -0.990. The van der Waals surface area contributed by atoms with Crippen molar-refractivity contribution in [2.45, 2.75) is 40.5 Å². The molecule has 1 N–H and O–H groups in total. The first-order chi connectivity index (χ1) is 7.20. The summed E-state index contributed by atoms with van der Waals surface area (Å²) in [6.45, 7) is 9.74. The van der Waals surface area contributed by atoms with Gasteiger partial charge in [0.2, 0.25) is 0 Å². The van der Waals surface area contributed by atoms with Gasteiger partial charge in [-0.1, -0.05) is 20.8 Å². The Kier molecular flexibility index (Phi) is 8.93. The third kappa shape index (κ3) is 9.32. The van der Waals surface area contributed by atoms with Crippen molar-refractivity contribution in [3.63, 3.8) is 0 Å². The lowest BCUT2D eigenvalue weighted by Crippen LogP contribution is -2.16. The number of nitrogens with zero attached hydrogens (tertiary/aromatic N) is 1. The Balaban J connectivity index is 3.98. The van der Waals surface area contributed by atoms with E-state index in [0.29, 0.717) is 12.6 Å². The van der Waals surface area contributed by atoms with Gasteiger partial charge in [-0.15, -0.1) is 0 Å². The number of hydrogen-bond donors (Lipinski definition) is 1. The molecule has 0 unspecified atom stereocenters. The maximum atomic E-state index is 5.56. The standard InChI is InChI=1S/C12H24N2O/c1-5-9-15-12(8-7-11(3)4)14-10-13-6-2/h6,8,11,14H,5,7,9-10H2,1-4H3/b12-8-,13-6+. The molecular weight excluding hydrogens is 188 g/mol. The molecule has 0 aromatic heterocycles. The minimum atomic E-state index is 0.587. The molecule has 0 aromatic rings. The Morgan fingerprint density at radius 2 is 2.20 bits per heavy atom. The zero-order valence-corrected chi connectivity index (χ0v) is 10.4. The summed E-state index contributed by atoms with van der Waals surface area (Å²) in [5, 5.41) is 3.15. The topological polar surface area (TPSA) is 33.6 Å². The molecular formula is C12H24N2O. The molecule has 0 bridgehead atoms. The van der Waals surface area contributed by atoms with Gasteiger partial charge in [0, 0.05) is 0 Å². The van der Waals surface area contributed by atoms with Crippen molar-refractivity contribution in [2.75, 3.05) is 13.3 Å². The van der Waals surface area contributed by atoms with Gasteiger partial charge in [0.05, 0.1) is 6.61 Å². The summed E-state index contributed by atoms with van der Waals surface area (Å²) in [7, 11) is 0. The maximum Gasteiger partial charge on any atom is 0.183 e. The number of hydrogen-bond acceptors (Lipinski definition) is 3. The molecule has 0 spiro atoms. The summed E-state index contributed by atoms with van der Waals surface area (Å²) in [6, 6.07) is 0. The maximum absolute atomic E-state index is 5.56. The van der Waals surface area contributed by atoms with Gasteiger partial charge in [0.1, 0.15) is 6.67 Å². The first-order valence-electron chi connectivity index (χ1n) is 5.72. The van der Waals surface area contributed by atoms with Crippen LogP contribution in [0.3, 0.4) is 0 Å². The van der Waals surface area contributed by atoms with Gasteiger partial charge in [-0.3, -0.25) is 4.99 Å². The number of aliphatic imine (C=N–C) groups is 1. The Morgan fingerprint density at radius 1 is 1.47 bits per heavy atom. The molecule has 0 saturated heterocycles. The lowest BCUT2D eigenvalue weighted by atomic mass is 10.1. The summed E-state index contributed by atoms with van der Waals surface area (Å²) in [6.07, 6.45) is 5.94.